The van der Waals surface area contributed by atoms with Crippen molar-refractivity contribution in [1.29, 1.82) is 0 Å². The molecular weight excluding hydrogens is 346 g/mol. The van der Waals surface area contributed by atoms with Crippen LogP contribution in [0.15, 0.2) is 48.5 Å². The van der Waals surface area contributed by atoms with Crippen molar-refractivity contribution in [2.24, 2.45) is 0 Å². The second-order valence-corrected chi connectivity index (χ2v) is 5.44. The second-order valence-electron chi connectivity index (χ2n) is 5.44. The van der Waals surface area contributed by atoms with E-state index in [9.17, 15) is 26.3 Å². The summed E-state index contributed by atoms with van der Waals surface area (Å²) < 4.78 is 77.4. The summed E-state index contributed by atoms with van der Waals surface area (Å²) in [5.41, 5.74) is -1.18. The minimum absolute atomic E-state index is 0.103. The first-order valence-corrected chi connectivity index (χ1v) is 7.20. The van der Waals surface area contributed by atoms with Crippen LogP contribution in [0.25, 0.3) is 16.7 Å². The molecule has 0 spiro atoms. The van der Waals surface area contributed by atoms with Crippen LogP contribution in [0, 0.1) is 0 Å². The zero-order valence-electron chi connectivity index (χ0n) is 13.0. The van der Waals surface area contributed by atoms with E-state index in [0.29, 0.717) is 17.7 Å². The van der Waals surface area contributed by atoms with Gasteiger partial charge in [0.25, 0.3) is 0 Å². The third-order valence-electron chi connectivity index (χ3n) is 3.66. The number of aliphatic hydroxyl groups excluding tert-OH is 1. The van der Waals surface area contributed by atoms with Gasteiger partial charge in [-0.25, -0.2) is 0 Å². The summed E-state index contributed by atoms with van der Waals surface area (Å²) in [6, 6.07) is 7.53. The van der Waals surface area contributed by atoms with Gasteiger partial charge >= 0.3 is 12.4 Å². The molecule has 7 heteroatoms. The smallest absolute Gasteiger partial charge is 0.392 e. The summed E-state index contributed by atoms with van der Waals surface area (Å²) in [6.45, 7) is 1.56. The van der Waals surface area contributed by atoms with Crippen LogP contribution in [0.5, 0.6) is 0 Å². The molecule has 0 radical (unpaired) electrons. The summed E-state index contributed by atoms with van der Waals surface area (Å²) in [5, 5.41) is 8.85. The normalized spacial score (nSPS) is 13.2. The Labute approximate surface area is 140 Å². The topological polar surface area (TPSA) is 20.2 Å². The fourth-order valence-electron chi connectivity index (χ4n) is 2.30. The minimum atomic E-state index is -4.88. The van der Waals surface area contributed by atoms with E-state index in [1.54, 1.807) is 25.1 Å². The first kappa shape index (κ1) is 19.1. The maximum atomic E-state index is 12.9. The van der Waals surface area contributed by atoms with Crippen molar-refractivity contribution >= 4 is 5.57 Å². The number of benzene rings is 2. The Morgan fingerprint density at radius 2 is 1.32 bits per heavy atom. The summed E-state index contributed by atoms with van der Waals surface area (Å²) in [5.74, 6) is 0. The van der Waals surface area contributed by atoms with Gasteiger partial charge in [0.2, 0.25) is 0 Å². The Morgan fingerprint density at radius 3 is 1.72 bits per heavy atom. The van der Waals surface area contributed by atoms with E-state index in [-0.39, 0.29) is 23.8 Å². The van der Waals surface area contributed by atoms with E-state index in [1.807, 2.05) is 0 Å². The van der Waals surface area contributed by atoms with Crippen molar-refractivity contribution in [3.8, 4) is 11.1 Å². The molecule has 0 aliphatic heterocycles. The molecule has 0 saturated heterocycles. The Bertz CT molecular complexity index is 737. The molecule has 0 aliphatic carbocycles. The largest absolute Gasteiger partial charge is 0.416 e. The predicted molar refractivity (Wildman–Crippen MR) is 82.6 cm³/mol. The predicted octanol–water partition coefficient (Wildman–Crippen LogP) is 5.79. The van der Waals surface area contributed by atoms with E-state index in [2.05, 4.69) is 0 Å². The summed E-state index contributed by atoms with van der Waals surface area (Å²) >= 11 is 0. The first-order valence-electron chi connectivity index (χ1n) is 7.20. The maximum Gasteiger partial charge on any atom is 0.416 e. The van der Waals surface area contributed by atoms with Crippen molar-refractivity contribution in [3.63, 3.8) is 0 Å². The van der Waals surface area contributed by atoms with Crippen LogP contribution >= 0.6 is 0 Å². The molecule has 0 aromatic heterocycles. The third kappa shape index (κ3) is 4.63. The van der Waals surface area contributed by atoms with Crippen LogP contribution in [0.3, 0.4) is 0 Å². The van der Waals surface area contributed by atoms with Crippen LogP contribution in [0.1, 0.15) is 23.6 Å². The molecule has 0 amide bonds. The van der Waals surface area contributed by atoms with E-state index in [1.165, 1.54) is 12.1 Å². The molecule has 2 rings (SSSR count). The number of allylic oxidation sites excluding steroid dienone is 1. The summed E-state index contributed by atoms with van der Waals surface area (Å²) in [4.78, 5) is 0. The lowest BCUT2D eigenvalue weighted by atomic mass is 9.97. The highest BCUT2D eigenvalue weighted by Gasteiger charge is 2.36. The SMILES string of the molecule is C/C(=C/CO)c1ccc(-c2cc(C(F)(F)F)cc(C(F)(F)F)c2)cc1. The van der Waals surface area contributed by atoms with E-state index < -0.39 is 23.5 Å². The van der Waals surface area contributed by atoms with Gasteiger partial charge in [-0.3, -0.25) is 0 Å². The molecule has 134 valence electrons. The number of alkyl halides is 6. The van der Waals surface area contributed by atoms with Crippen molar-refractivity contribution in [2.45, 2.75) is 19.3 Å². The summed E-state index contributed by atoms with van der Waals surface area (Å²) in [7, 11) is 0. The van der Waals surface area contributed by atoms with E-state index >= 15 is 0 Å². The number of hydrogen-bond acceptors (Lipinski definition) is 1. The molecule has 2 aromatic carbocycles. The molecule has 0 saturated carbocycles. The highest BCUT2D eigenvalue weighted by atomic mass is 19.4. The van der Waals surface area contributed by atoms with Crippen molar-refractivity contribution in [1.82, 2.24) is 0 Å². The van der Waals surface area contributed by atoms with Crippen LogP contribution in [-0.2, 0) is 12.4 Å². The highest BCUT2D eigenvalue weighted by molar-refractivity contribution is 5.70. The fourth-order valence-corrected chi connectivity index (χ4v) is 2.30. The van der Waals surface area contributed by atoms with Crippen LogP contribution in [0.4, 0.5) is 26.3 Å². The first-order chi connectivity index (χ1) is 11.5. The highest BCUT2D eigenvalue weighted by Crippen LogP contribution is 2.38. The fraction of sp³-hybridized carbons (Fsp3) is 0.222. The Kier molecular flexibility index (Phi) is 5.27. The van der Waals surface area contributed by atoms with Crippen LogP contribution < -0.4 is 0 Å². The zero-order valence-corrected chi connectivity index (χ0v) is 13.0. The van der Waals surface area contributed by atoms with Gasteiger partial charge < -0.3 is 5.11 Å². The lowest BCUT2D eigenvalue weighted by molar-refractivity contribution is -0.143. The van der Waals surface area contributed by atoms with Gasteiger partial charge in [-0.15, -0.1) is 0 Å². The number of halogens is 6. The Hall–Kier alpha value is -2.28. The summed E-state index contributed by atoms with van der Waals surface area (Å²) in [6.07, 6.45) is -8.21. The lowest BCUT2D eigenvalue weighted by Gasteiger charge is -2.14. The molecule has 1 N–H and O–H groups in total. The Morgan fingerprint density at radius 1 is 0.840 bits per heavy atom. The van der Waals surface area contributed by atoms with Gasteiger partial charge in [0.05, 0.1) is 17.7 Å². The van der Waals surface area contributed by atoms with Gasteiger partial charge in [-0.2, -0.15) is 26.3 Å². The molecular formula is C18H14F6O. The van der Waals surface area contributed by atoms with Crippen molar-refractivity contribution in [2.75, 3.05) is 6.61 Å². The standard InChI is InChI=1S/C18H14F6O/c1-11(6-7-25)12-2-4-13(5-3-12)14-8-15(17(19,20)21)10-16(9-14)18(22,23)24/h2-6,8-10,25H,7H2,1H3/b11-6-. The number of aliphatic hydroxyl groups is 1. The monoisotopic (exact) mass is 360 g/mol. The van der Waals surface area contributed by atoms with Crippen molar-refractivity contribution < 1.29 is 31.4 Å². The van der Waals surface area contributed by atoms with Gasteiger partial charge in [0.1, 0.15) is 0 Å². The maximum absolute atomic E-state index is 12.9. The molecule has 0 atom stereocenters. The molecule has 2 aromatic rings. The molecule has 0 bridgehead atoms. The number of rotatable bonds is 3. The average molecular weight is 360 g/mol. The molecule has 1 nitrogen and oxygen atoms in total. The molecule has 0 aliphatic rings. The van der Waals surface area contributed by atoms with Crippen LogP contribution in [-0.4, -0.2) is 11.7 Å². The minimum Gasteiger partial charge on any atom is -0.392 e. The van der Waals surface area contributed by atoms with Gasteiger partial charge in [-0.1, -0.05) is 30.3 Å². The van der Waals surface area contributed by atoms with Gasteiger partial charge in [0, 0.05) is 0 Å². The Balaban J connectivity index is 2.53. The number of hydrogen-bond donors (Lipinski definition) is 1. The zero-order chi connectivity index (χ0) is 18.8. The van der Waals surface area contributed by atoms with Gasteiger partial charge in [-0.05, 0) is 47.4 Å². The lowest BCUT2D eigenvalue weighted by Crippen LogP contribution is -2.11. The van der Waals surface area contributed by atoms with Crippen molar-refractivity contribution in [3.05, 3.63) is 65.2 Å². The van der Waals surface area contributed by atoms with Crippen LogP contribution in [0.2, 0.25) is 0 Å². The molecule has 0 fully saturated rings. The quantitative estimate of drug-likeness (QED) is 0.687. The third-order valence-corrected chi connectivity index (χ3v) is 3.66. The molecule has 0 heterocycles. The van der Waals surface area contributed by atoms with Gasteiger partial charge in [0.15, 0.2) is 0 Å². The van der Waals surface area contributed by atoms with E-state index in [0.717, 1.165) is 5.57 Å². The second kappa shape index (κ2) is 6.92. The average Bonchev–Trinajstić information content (AvgIpc) is 2.53. The molecule has 0 unspecified atom stereocenters. The molecule has 25 heavy (non-hydrogen) atoms. The van der Waals surface area contributed by atoms with E-state index in [4.69, 9.17) is 5.11 Å².